The summed E-state index contributed by atoms with van der Waals surface area (Å²) in [5, 5.41) is 8.40. The standard InChI is InChI=1S/C14H21N3O3S.ClH/c1-2-20-13(19)7-11-9-21-14(16-11)17-12(18)4-3-10-5-6-15-8-10;/h9-10,15H,2-8H2,1H3,(H,16,17,18);1H. The van der Waals surface area contributed by atoms with Crippen LogP contribution in [-0.4, -0.2) is 36.6 Å². The smallest absolute Gasteiger partial charge is 0.311 e. The van der Waals surface area contributed by atoms with Crippen molar-refractivity contribution in [2.45, 2.75) is 32.6 Å². The highest BCUT2D eigenvalue weighted by molar-refractivity contribution is 7.13. The molecular weight excluding hydrogens is 326 g/mol. The summed E-state index contributed by atoms with van der Waals surface area (Å²) in [5.41, 5.74) is 0.633. The lowest BCUT2D eigenvalue weighted by Crippen LogP contribution is -2.15. The molecule has 1 aromatic rings. The van der Waals surface area contributed by atoms with Gasteiger partial charge in [0.1, 0.15) is 0 Å². The lowest BCUT2D eigenvalue weighted by molar-refractivity contribution is -0.142. The number of esters is 1. The summed E-state index contributed by atoms with van der Waals surface area (Å²) < 4.78 is 4.86. The van der Waals surface area contributed by atoms with Gasteiger partial charge >= 0.3 is 5.97 Å². The van der Waals surface area contributed by atoms with Gasteiger partial charge in [-0.15, -0.1) is 23.7 Å². The van der Waals surface area contributed by atoms with Crippen molar-refractivity contribution in [1.82, 2.24) is 10.3 Å². The summed E-state index contributed by atoms with van der Waals surface area (Å²) in [6, 6.07) is 0. The first-order chi connectivity index (χ1) is 10.2. The van der Waals surface area contributed by atoms with Crippen molar-refractivity contribution < 1.29 is 14.3 Å². The van der Waals surface area contributed by atoms with E-state index in [9.17, 15) is 9.59 Å². The third-order valence-electron chi connectivity index (χ3n) is 3.37. The summed E-state index contributed by atoms with van der Waals surface area (Å²) in [6.07, 6.45) is 2.71. The molecule has 1 unspecified atom stereocenters. The molecule has 1 aliphatic heterocycles. The number of amides is 1. The maximum absolute atomic E-state index is 11.8. The number of carbonyl (C=O) groups excluding carboxylic acids is 2. The fraction of sp³-hybridized carbons (Fsp3) is 0.643. The first-order valence-corrected chi connectivity index (χ1v) is 8.16. The zero-order valence-corrected chi connectivity index (χ0v) is 14.2. The minimum Gasteiger partial charge on any atom is -0.466 e. The van der Waals surface area contributed by atoms with Gasteiger partial charge in [-0.25, -0.2) is 4.98 Å². The Morgan fingerprint density at radius 3 is 3.05 bits per heavy atom. The Kier molecular flexibility index (Phi) is 8.37. The predicted molar refractivity (Wildman–Crippen MR) is 88.5 cm³/mol. The van der Waals surface area contributed by atoms with Gasteiger partial charge in [-0.1, -0.05) is 0 Å². The molecule has 1 fully saturated rings. The van der Waals surface area contributed by atoms with Crippen LogP contribution in [0.2, 0.25) is 0 Å². The monoisotopic (exact) mass is 347 g/mol. The average Bonchev–Trinajstić information content (AvgIpc) is 3.08. The second-order valence-corrected chi connectivity index (χ2v) is 5.93. The van der Waals surface area contributed by atoms with Crippen molar-refractivity contribution in [3.05, 3.63) is 11.1 Å². The number of rotatable bonds is 7. The number of ether oxygens (including phenoxy) is 1. The molecule has 0 aromatic carbocycles. The third-order valence-corrected chi connectivity index (χ3v) is 4.18. The van der Waals surface area contributed by atoms with Gasteiger partial charge < -0.3 is 15.4 Å². The van der Waals surface area contributed by atoms with Crippen LogP contribution < -0.4 is 10.6 Å². The van der Waals surface area contributed by atoms with Crippen molar-refractivity contribution in [1.29, 1.82) is 0 Å². The van der Waals surface area contributed by atoms with Crippen LogP contribution in [-0.2, 0) is 20.7 Å². The zero-order chi connectivity index (χ0) is 15.1. The quantitative estimate of drug-likeness (QED) is 0.737. The lowest BCUT2D eigenvalue weighted by atomic mass is 10.0. The summed E-state index contributed by atoms with van der Waals surface area (Å²) >= 11 is 1.33. The Balaban J connectivity index is 0.00000242. The highest BCUT2D eigenvalue weighted by Crippen LogP contribution is 2.18. The van der Waals surface area contributed by atoms with Gasteiger partial charge in [-0.2, -0.15) is 0 Å². The average molecular weight is 348 g/mol. The number of anilines is 1. The molecule has 124 valence electrons. The first kappa shape index (κ1) is 18.9. The molecular formula is C14H22ClN3O3S. The Morgan fingerprint density at radius 2 is 2.36 bits per heavy atom. The minimum absolute atomic E-state index is 0. The van der Waals surface area contributed by atoms with E-state index >= 15 is 0 Å². The number of aromatic nitrogens is 1. The SMILES string of the molecule is CCOC(=O)Cc1csc(NC(=O)CCC2CCNC2)n1.Cl. The molecule has 2 rings (SSSR count). The fourth-order valence-corrected chi connectivity index (χ4v) is 3.01. The van der Waals surface area contributed by atoms with Crippen LogP contribution in [0, 0.1) is 5.92 Å². The minimum atomic E-state index is -0.297. The Bertz CT molecular complexity index is 489. The van der Waals surface area contributed by atoms with E-state index in [1.54, 1.807) is 12.3 Å². The molecule has 22 heavy (non-hydrogen) atoms. The molecule has 0 spiro atoms. The van der Waals surface area contributed by atoms with E-state index in [0.29, 0.717) is 29.8 Å². The molecule has 1 aromatic heterocycles. The summed E-state index contributed by atoms with van der Waals surface area (Å²) in [4.78, 5) is 27.4. The zero-order valence-electron chi connectivity index (χ0n) is 12.6. The van der Waals surface area contributed by atoms with Crippen molar-refractivity contribution in [3.8, 4) is 0 Å². The molecule has 0 bridgehead atoms. The summed E-state index contributed by atoms with van der Waals surface area (Å²) in [6.45, 7) is 4.19. The molecule has 1 atom stereocenters. The molecule has 6 nitrogen and oxygen atoms in total. The van der Waals surface area contributed by atoms with E-state index in [1.165, 1.54) is 11.3 Å². The number of nitrogens with one attached hydrogen (secondary N) is 2. The highest BCUT2D eigenvalue weighted by atomic mass is 35.5. The van der Waals surface area contributed by atoms with Gasteiger partial charge in [0.05, 0.1) is 18.7 Å². The molecule has 2 N–H and O–H groups in total. The van der Waals surface area contributed by atoms with E-state index in [1.807, 2.05) is 0 Å². The number of hydrogen-bond donors (Lipinski definition) is 2. The molecule has 0 saturated carbocycles. The van der Waals surface area contributed by atoms with Gasteiger partial charge in [0.25, 0.3) is 0 Å². The molecule has 0 aliphatic carbocycles. The van der Waals surface area contributed by atoms with Crippen LogP contribution in [0.5, 0.6) is 0 Å². The van der Waals surface area contributed by atoms with E-state index in [0.717, 1.165) is 25.9 Å². The number of thiazole rings is 1. The lowest BCUT2D eigenvalue weighted by Gasteiger charge is -2.07. The molecule has 1 aliphatic rings. The Morgan fingerprint density at radius 1 is 1.55 bits per heavy atom. The number of hydrogen-bond acceptors (Lipinski definition) is 6. The Labute approximate surface area is 140 Å². The molecule has 8 heteroatoms. The maximum Gasteiger partial charge on any atom is 0.311 e. The van der Waals surface area contributed by atoms with Crippen molar-refractivity contribution in [3.63, 3.8) is 0 Å². The summed E-state index contributed by atoms with van der Waals surface area (Å²) in [5.74, 6) is 0.291. The molecule has 1 amide bonds. The highest BCUT2D eigenvalue weighted by Gasteiger charge is 2.16. The van der Waals surface area contributed by atoms with Crippen LogP contribution in [0.4, 0.5) is 5.13 Å². The van der Waals surface area contributed by atoms with E-state index in [4.69, 9.17) is 4.74 Å². The van der Waals surface area contributed by atoms with Gasteiger partial charge in [0.2, 0.25) is 5.91 Å². The van der Waals surface area contributed by atoms with Gasteiger partial charge in [0, 0.05) is 11.8 Å². The van der Waals surface area contributed by atoms with Crippen LogP contribution >= 0.6 is 23.7 Å². The van der Waals surface area contributed by atoms with Crippen molar-refractivity contribution >= 4 is 40.8 Å². The summed E-state index contributed by atoms with van der Waals surface area (Å²) in [7, 11) is 0. The molecule has 1 saturated heterocycles. The Hall–Kier alpha value is -1.18. The normalized spacial score (nSPS) is 16.9. The first-order valence-electron chi connectivity index (χ1n) is 7.28. The molecule has 2 heterocycles. The van der Waals surface area contributed by atoms with Crippen LogP contribution in [0.3, 0.4) is 0 Å². The number of halogens is 1. The topological polar surface area (TPSA) is 80.3 Å². The second kappa shape index (κ2) is 9.76. The van der Waals surface area contributed by atoms with Gasteiger partial charge in [-0.3, -0.25) is 9.59 Å². The van der Waals surface area contributed by atoms with E-state index < -0.39 is 0 Å². The van der Waals surface area contributed by atoms with Crippen molar-refractivity contribution in [2.24, 2.45) is 5.92 Å². The van der Waals surface area contributed by atoms with Crippen LogP contribution in [0.15, 0.2) is 5.38 Å². The van der Waals surface area contributed by atoms with Crippen molar-refractivity contribution in [2.75, 3.05) is 25.0 Å². The van der Waals surface area contributed by atoms with Crippen LogP contribution in [0.25, 0.3) is 0 Å². The number of nitrogens with zero attached hydrogens (tertiary/aromatic N) is 1. The second-order valence-electron chi connectivity index (χ2n) is 5.07. The van der Waals surface area contributed by atoms with E-state index in [-0.39, 0.29) is 30.7 Å². The predicted octanol–water partition coefficient (Wildman–Crippen LogP) is 2.00. The fourth-order valence-electron chi connectivity index (χ4n) is 2.28. The van der Waals surface area contributed by atoms with Crippen LogP contribution in [0.1, 0.15) is 31.9 Å². The molecule has 0 radical (unpaired) electrons. The largest absolute Gasteiger partial charge is 0.466 e. The third kappa shape index (κ3) is 6.29. The van der Waals surface area contributed by atoms with Gasteiger partial charge in [0.15, 0.2) is 5.13 Å². The van der Waals surface area contributed by atoms with Gasteiger partial charge in [-0.05, 0) is 38.8 Å². The van der Waals surface area contributed by atoms with E-state index in [2.05, 4.69) is 15.6 Å². The number of carbonyl (C=O) groups is 2. The maximum atomic E-state index is 11.8.